The molecule has 0 aliphatic rings. The summed E-state index contributed by atoms with van der Waals surface area (Å²) in [6.07, 6.45) is 1.73. The van der Waals surface area contributed by atoms with Crippen LogP contribution in [-0.4, -0.2) is 26.9 Å². The van der Waals surface area contributed by atoms with Crippen molar-refractivity contribution in [1.82, 2.24) is 5.32 Å². The maximum atomic E-state index is 5.84. The van der Waals surface area contributed by atoms with Crippen molar-refractivity contribution in [3.63, 3.8) is 0 Å². The number of hydrogen-bond acceptors (Lipinski definition) is 4. The van der Waals surface area contributed by atoms with Gasteiger partial charge in [-0.2, -0.15) is 0 Å². The SMILES string of the molecule is CCNC(c1ccccc1OCCOC)c1occc1C. The van der Waals surface area contributed by atoms with E-state index in [1.807, 2.05) is 24.3 Å². The van der Waals surface area contributed by atoms with E-state index in [0.29, 0.717) is 13.2 Å². The maximum Gasteiger partial charge on any atom is 0.128 e. The summed E-state index contributed by atoms with van der Waals surface area (Å²) in [6.45, 7) is 6.08. The minimum Gasteiger partial charge on any atom is -0.491 e. The molecule has 4 nitrogen and oxygen atoms in total. The fourth-order valence-corrected chi connectivity index (χ4v) is 2.31. The molecule has 21 heavy (non-hydrogen) atoms. The molecule has 1 aromatic heterocycles. The maximum absolute atomic E-state index is 5.84. The van der Waals surface area contributed by atoms with Crippen LogP contribution in [0, 0.1) is 6.92 Å². The number of para-hydroxylation sites is 1. The molecule has 0 radical (unpaired) electrons. The number of benzene rings is 1. The van der Waals surface area contributed by atoms with Crippen LogP contribution in [0.2, 0.25) is 0 Å². The first-order chi connectivity index (χ1) is 10.3. The van der Waals surface area contributed by atoms with Crippen LogP contribution in [0.15, 0.2) is 41.0 Å². The van der Waals surface area contributed by atoms with Crippen molar-refractivity contribution in [3.8, 4) is 5.75 Å². The molecular weight excluding hydrogens is 266 g/mol. The molecule has 1 heterocycles. The highest BCUT2D eigenvalue weighted by Crippen LogP contribution is 2.32. The lowest BCUT2D eigenvalue weighted by Gasteiger charge is -2.20. The van der Waals surface area contributed by atoms with Crippen molar-refractivity contribution in [3.05, 3.63) is 53.5 Å². The standard InChI is InChI=1S/C17H23NO3/c1-4-18-16(17-13(2)9-10-21-17)14-7-5-6-8-15(14)20-12-11-19-3/h5-10,16,18H,4,11-12H2,1-3H3. The van der Waals surface area contributed by atoms with Gasteiger partial charge in [-0.05, 0) is 31.2 Å². The van der Waals surface area contributed by atoms with E-state index in [2.05, 4.69) is 25.2 Å². The average Bonchev–Trinajstić information content (AvgIpc) is 2.92. The molecular formula is C17H23NO3. The molecule has 0 spiro atoms. The Morgan fingerprint density at radius 3 is 2.67 bits per heavy atom. The Morgan fingerprint density at radius 2 is 2.00 bits per heavy atom. The van der Waals surface area contributed by atoms with Gasteiger partial charge in [0.05, 0.1) is 18.9 Å². The molecule has 1 atom stereocenters. The van der Waals surface area contributed by atoms with Gasteiger partial charge in [-0.25, -0.2) is 0 Å². The zero-order valence-electron chi connectivity index (χ0n) is 12.9. The highest BCUT2D eigenvalue weighted by molar-refractivity contribution is 5.41. The first-order valence-electron chi connectivity index (χ1n) is 7.26. The second-order valence-corrected chi connectivity index (χ2v) is 4.84. The summed E-state index contributed by atoms with van der Waals surface area (Å²) in [6, 6.07) is 10.0. The van der Waals surface area contributed by atoms with Crippen LogP contribution in [0.1, 0.15) is 29.9 Å². The Morgan fingerprint density at radius 1 is 1.19 bits per heavy atom. The zero-order valence-corrected chi connectivity index (χ0v) is 12.9. The van der Waals surface area contributed by atoms with Gasteiger partial charge in [0.15, 0.2) is 0 Å². The van der Waals surface area contributed by atoms with Gasteiger partial charge in [-0.15, -0.1) is 0 Å². The first-order valence-corrected chi connectivity index (χ1v) is 7.26. The molecule has 0 saturated carbocycles. The zero-order chi connectivity index (χ0) is 15.1. The second kappa shape index (κ2) is 7.86. The lowest BCUT2D eigenvalue weighted by atomic mass is 10.0. The van der Waals surface area contributed by atoms with E-state index in [-0.39, 0.29) is 6.04 Å². The van der Waals surface area contributed by atoms with Gasteiger partial charge in [-0.1, -0.05) is 25.1 Å². The number of ether oxygens (including phenoxy) is 2. The van der Waals surface area contributed by atoms with Crippen LogP contribution in [0.3, 0.4) is 0 Å². The van der Waals surface area contributed by atoms with E-state index in [1.54, 1.807) is 13.4 Å². The van der Waals surface area contributed by atoms with Crippen LogP contribution in [-0.2, 0) is 4.74 Å². The summed E-state index contributed by atoms with van der Waals surface area (Å²) in [5.74, 6) is 1.79. The molecule has 0 aliphatic carbocycles. The average molecular weight is 289 g/mol. The van der Waals surface area contributed by atoms with Crippen molar-refractivity contribution >= 4 is 0 Å². The molecule has 2 aromatic rings. The molecule has 0 fully saturated rings. The number of nitrogens with one attached hydrogen (secondary N) is 1. The molecule has 0 aliphatic heterocycles. The third kappa shape index (κ3) is 3.86. The fourth-order valence-electron chi connectivity index (χ4n) is 2.31. The largest absolute Gasteiger partial charge is 0.491 e. The van der Waals surface area contributed by atoms with E-state index in [4.69, 9.17) is 13.9 Å². The first kappa shape index (κ1) is 15.6. The Balaban J connectivity index is 2.30. The van der Waals surface area contributed by atoms with Crippen molar-refractivity contribution < 1.29 is 13.9 Å². The van der Waals surface area contributed by atoms with Crippen molar-refractivity contribution in [2.75, 3.05) is 26.9 Å². The summed E-state index contributed by atoms with van der Waals surface area (Å²) < 4.78 is 16.6. The summed E-state index contributed by atoms with van der Waals surface area (Å²) in [5.41, 5.74) is 2.21. The van der Waals surface area contributed by atoms with Gasteiger partial charge < -0.3 is 19.2 Å². The lowest BCUT2D eigenvalue weighted by molar-refractivity contribution is 0.145. The van der Waals surface area contributed by atoms with Gasteiger partial charge in [0.1, 0.15) is 18.1 Å². The van der Waals surface area contributed by atoms with Crippen LogP contribution in [0.5, 0.6) is 5.75 Å². The minimum absolute atomic E-state index is 0.0104. The predicted octanol–water partition coefficient (Wildman–Crippen LogP) is 3.31. The Kier molecular flexibility index (Phi) is 5.84. The van der Waals surface area contributed by atoms with E-state index < -0.39 is 0 Å². The molecule has 1 aromatic carbocycles. The monoisotopic (exact) mass is 289 g/mol. The predicted molar refractivity (Wildman–Crippen MR) is 82.8 cm³/mol. The van der Waals surface area contributed by atoms with Gasteiger partial charge in [-0.3, -0.25) is 0 Å². The van der Waals surface area contributed by atoms with Gasteiger partial charge in [0.25, 0.3) is 0 Å². The Bertz CT molecular complexity index is 550. The van der Waals surface area contributed by atoms with Gasteiger partial charge >= 0.3 is 0 Å². The topological polar surface area (TPSA) is 43.6 Å². The van der Waals surface area contributed by atoms with Crippen molar-refractivity contribution in [2.24, 2.45) is 0 Å². The molecule has 4 heteroatoms. The third-order valence-corrected chi connectivity index (χ3v) is 3.35. The molecule has 0 amide bonds. The number of furan rings is 1. The number of aryl methyl sites for hydroxylation is 1. The van der Waals surface area contributed by atoms with E-state index in [9.17, 15) is 0 Å². The summed E-state index contributed by atoms with van der Waals surface area (Å²) >= 11 is 0. The third-order valence-electron chi connectivity index (χ3n) is 3.35. The number of hydrogen-bond donors (Lipinski definition) is 1. The van der Waals surface area contributed by atoms with E-state index in [1.165, 1.54) is 0 Å². The molecule has 1 unspecified atom stereocenters. The summed E-state index contributed by atoms with van der Waals surface area (Å²) in [7, 11) is 1.67. The van der Waals surface area contributed by atoms with Crippen LogP contribution in [0.4, 0.5) is 0 Å². The van der Waals surface area contributed by atoms with Gasteiger partial charge in [0.2, 0.25) is 0 Å². The lowest BCUT2D eigenvalue weighted by Crippen LogP contribution is -2.23. The quantitative estimate of drug-likeness (QED) is 0.757. The minimum atomic E-state index is -0.0104. The van der Waals surface area contributed by atoms with Crippen LogP contribution < -0.4 is 10.1 Å². The van der Waals surface area contributed by atoms with E-state index >= 15 is 0 Å². The molecule has 1 N–H and O–H groups in total. The number of methoxy groups -OCH3 is 1. The highest BCUT2D eigenvalue weighted by atomic mass is 16.5. The number of rotatable bonds is 8. The van der Waals surface area contributed by atoms with Crippen molar-refractivity contribution in [1.29, 1.82) is 0 Å². The smallest absolute Gasteiger partial charge is 0.128 e. The normalized spacial score (nSPS) is 12.3. The molecule has 0 bridgehead atoms. The van der Waals surface area contributed by atoms with Crippen LogP contribution >= 0.6 is 0 Å². The molecule has 0 saturated heterocycles. The Labute approximate surface area is 126 Å². The second-order valence-electron chi connectivity index (χ2n) is 4.84. The van der Waals surface area contributed by atoms with E-state index in [0.717, 1.165) is 29.2 Å². The van der Waals surface area contributed by atoms with Crippen LogP contribution in [0.25, 0.3) is 0 Å². The fraction of sp³-hybridized carbons (Fsp3) is 0.412. The van der Waals surface area contributed by atoms with Crippen molar-refractivity contribution in [2.45, 2.75) is 19.9 Å². The summed E-state index contributed by atoms with van der Waals surface area (Å²) in [4.78, 5) is 0. The Hall–Kier alpha value is -1.78. The highest BCUT2D eigenvalue weighted by Gasteiger charge is 2.21. The molecule has 2 rings (SSSR count). The molecule has 114 valence electrons. The summed E-state index contributed by atoms with van der Waals surface area (Å²) in [5, 5.41) is 3.47. The van der Waals surface area contributed by atoms with Gasteiger partial charge in [0, 0.05) is 12.7 Å².